The second-order valence-corrected chi connectivity index (χ2v) is 5.00. The Morgan fingerprint density at radius 2 is 1.88 bits per heavy atom. The number of pyridine rings is 2. The molecular formula is C17H11F3N2O2. The highest BCUT2D eigenvalue weighted by Gasteiger charge is 2.31. The van der Waals surface area contributed by atoms with Gasteiger partial charge in [-0.2, -0.15) is 13.2 Å². The molecule has 2 aromatic heterocycles. The van der Waals surface area contributed by atoms with Gasteiger partial charge in [-0.1, -0.05) is 12.1 Å². The molecule has 24 heavy (non-hydrogen) atoms. The third kappa shape index (κ3) is 2.92. The number of esters is 1. The van der Waals surface area contributed by atoms with Gasteiger partial charge in [0.1, 0.15) is 0 Å². The number of fused-ring (bicyclic) bond motifs is 1. The van der Waals surface area contributed by atoms with Crippen molar-refractivity contribution >= 4 is 17.0 Å². The van der Waals surface area contributed by atoms with Gasteiger partial charge in [0.25, 0.3) is 0 Å². The third-order valence-corrected chi connectivity index (χ3v) is 3.46. The monoisotopic (exact) mass is 332 g/mol. The molecule has 0 aliphatic carbocycles. The zero-order chi connectivity index (χ0) is 17.3. The van der Waals surface area contributed by atoms with E-state index in [0.29, 0.717) is 11.0 Å². The Balaban J connectivity index is 2.26. The molecule has 0 amide bonds. The Kier molecular flexibility index (Phi) is 3.92. The second kappa shape index (κ2) is 5.92. The number of benzene rings is 1. The number of rotatable bonds is 2. The highest BCUT2D eigenvalue weighted by molar-refractivity contribution is 5.98. The van der Waals surface area contributed by atoms with Crippen LogP contribution in [0, 0.1) is 0 Å². The fourth-order valence-corrected chi connectivity index (χ4v) is 2.34. The maximum atomic E-state index is 12.9. The number of carbonyl (C=O) groups excluding carboxylic acids is 1. The molecule has 3 rings (SSSR count). The van der Waals surface area contributed by atoms with Gasteiger partial charge in [0.2, 0.25) is 0 Å². The van der Waals surface area contributed by atoms with Gasteiger partial charge >= 0.3 is 12.1 Å². The van der Waals surface area contributed by atoms with Crippen molar-refractivity contribution in [3.63, 3.8) is 0 Å². The van der Waals surface area contributed by atoms with E-state index in [1.807, 2.05) is 0 Å². The van der Waals surface area contributed by atoms with Crippen LogP contribution in [0.1, 0.15) is 16.1 Å². The van der Waals surface area contributed by atoms with Crippen LogP contribution in [0.3, 0.4) is 0 Å². The lowest BCUT2D eigenvalue weighted by Crippen LogP contribution is -2.08. The van der Waals surface area contributed by atoms with E-state index in [0.717, 1.165) is 12.1 Å². The minimum absolute atomic E-state index is 0.0580. The van der Waals surface area contributed by atoms with Crippen LogP contribution in [-0.4, -0.2) is 23.0 Å². The summed E-state index contributed by atoms with van der Waals surface area (Å²) in [5.74, 6) is -0.729. The Labute approximate surface area is 134 Å². The summed E-state index contributed by atoms with van der Waals surface area (Å²) in [6, 6.07) is 9.54. The molecule has 0 saturated carbocycles. The first-order valence-corrected chi connectivity index (χ1v) is 6.92. The molecule has 3 aromatic rings. The molecule has 0 N–H and O–H groups in total. The molecule has 1 aromatic carbocycles. The second-order valence-electron chi connectivity index (χ2n) is 5.00. The summed E-state index contributed by atoms with van der Waals surface area (Å²) in [5, 5.41) is 0. The van der Waals surface area contributed by atoms with E-state index in [1.165, 1.54) is 31.5 Å². The smallest absolute Gasteiger partial charge is 0.416 e. The molecule has 2 heterocycles. The van der Waals surface area contributed by atoms with E-state index in [-0.39, 0.29) is 16.8 Å². The molecule has 0 unspecified atom stereocenters. The molecule has 0 saturated heterocycles. The highest BCUT2D eigenvalue weighted by atomic mass is 19.4. The summed E-state index contributed by atoms with van der Waals surface area (Å²) in [6.45, 7) is 0. The first kappa shape index (κ1) is 15.9. The van der Waals surface area contributed by atoms with Crippen LogP contribution in [0.5, 0.6) is 0 Å². The van der Waals surface area contributed by atoms with Gasteiger partial charge in [-0.25, -0.2) is 9.78 Å². The predicted octanol–water partition coefficient (Wildman–Crippen LogP) is 4.10. The topological polar surface area (TPSA) is 52.1 Å². The van der Waals surface area contributed by atoms with Crippen molar-refractivity contribution < 1.29 is 22.7 Å². The average molecular weight is 332 g/mol. The molecule has 0 bridgehead atoms. The van der Waals surface area contributed by atoms with Gasteiger partial charge in [-0.3, -0.25) is 4.98 Å². The number of hydrogen-bond donors (Lipinski definition) is 0. The van der Waals surface area contributed by atoms with Gasteiger partial charge in [0.15, 0.2) is 5.69 Å². The van der Waals surface area contributed by atoms with Gasteiger partial charge in [0, 0.05) is 11.8 Å². The lowest BCUT2D eigenvalue weighted by atomic mass is 10.0. The van der Waals surface area contributed by atoms with E-state index >= 15 is 0 Å². The molecule has 122 valence electrons. The largest absolute Gasteiger partial charge is 0.464 e. The number of halogens is 3. The molecule has 0 fully saturated rings. The summed E-state index contributed by atoms with van der Waals surface area (Å²) in [7, 11) is 1.19. The SMILES string of the molecule is COC(=O)c1nc2cccnc2cc1-c1cccc(C(F)(F)F)c1. The number of hydrogen-bond acceptors (Lipinski definition) is 4. The normalized spacial score (nSPS) is 11.5. The molecule has 0 aliphatic rings. The van der Waals surface area contributed by atoms with E-state index in [4.69, 9.17) is 4.74 Å². The molecule has 0 radical (unpaired) electrons. The van der Waals surface area contributed by atoms with E-state index in [1.54, 1.807) is 12.1 Å². The number of carbonyl (C=O) groups is 1. The van der Waals surface area contributed by atoms with Crippen LogP contribution < -0.4 is 0 Å². The van der Waals surface area contributed by atoms with Crippen LogP contribution in [-0.2, 0) is 10.9 Å². The summed E-state index contributed by atoms with van der Waals surface area (Å²) >= 11 is 0. The van der Waals surface area contributed by atoms with Crippen molar-refractivity contribution in [1.82, 2.24) is 9.97 Å². The lowest BCUT2D eigenvalue weighted by molar-refractivity contribution is -0.137. The Morgan fingerprint density at radius 3 is 2.58 bits per heavy atom. The van der Waals surface area contributed by atoms with E-state index in [2.05, 4.69) is 9.97 Å². The van der Waals surface area contributed by atoms with E-state index < -0.39 is 17.7 Å². The van der Waals surface area contributed by atoms with Crippen LogP contribution in [0.4, 0.5) is 13.2 Å². The molecular weight excluding hydrogens is 321 g/mol. The van der Waals surface area contributed by atoms with Crippen molar-refractivity contribution in [1.29, 1.82) is 0 Å². The number of alkyl halides is 3. The van der Waals surface area contributed by atoms with Crippen molar-refractivity contribution in [2.45, 2.75) is 6.18 Å². The molecule has 0 atom stereocenters. The fourth-order valence-electron chi connectivity index (χ4n) is 2.34. The highest BCUT2D eigenvalue weighted by Crippen LogP contribution is 2.33. The van der Waals surface area contributed by atoms with Crippen molar-refractivity contribution in [2.75, 3.05) is 7.11 Å². The summed E-state index contributed by atoms with van der Waals surface area (Å²) in [4.78, 5) is 20.3. The molecule has 7 heteroatoms. The number of ether oxygens (including phenoxy) is 1. The van der Waals surface area contributed by atoms with Gasteiger partial charge in [-0.05, 0) is 35.9 Å². The van der Waals surface area contributed by atoms with Gasteiger partial charge in [-0.15, -0.1) is 0 Å². The number of methoxy groups -OCH3 is 1. The summed E-state index contributed by atoms with van der Waals surface area (Å²) in [6.07, 6.45) is -2.94. The van der Waals surface area contributed by atoms with E-state index in [9.17, 15) is 18.0 Å². The summed E-state index contributed by atoms with van der Waals surface area (Å²) in [5.41, 5.74) is 0.505. The Bertz CT molecular complexity index is 923. The van der Waals surface area contributed by atoms with Gasteiger partial charge in [0.05, 0.1) is 23.7 Å². The van der Waals surface area contributed by atoms with Crippen molar-refractivity contribution in [3.05, 3.63) is 59.9 Å². The predicted molar refractivity (Wildman–Crippen MR) is 81.3 cm³/mol. The standard InChI is InChI=1S/C17H11F3N2O2/c1-24-16(23)15-12(9-14-13(22-15)6-3-7-21-14)10-4-2-5-11(8-10)17(18,19)20/h2-9H,1H3. The zero-order valence-electron chi connectivity index (χ0n) is 12.5. The fraction of sp³-hybridized carbons (Fsp3) is 0.118. The minimum atomic E-state index is -4.48. The van der Waals surface area contributed by atoms with Crippen LogP contribution in [0.15, 0.2) is 48.7 Å². The van der Waals surface area contributed by atoms with Crippen LogP contribution >= 0.6 is 0 Å². The van der Waals surface area contributed by atoms with Crippen molar-refractivity contribution in [3.8, 4) is 11.1 Å². The molecule has 4 nitrogen and oxygen atoms in total. The summed E-state index contributed by atoms with van der Waals surface area (Å²) < 4.78 is 43.5. The van der Waals surface area contributed by atoms with Crippen LogP contribution in [0.25, 0.3) is 22.2 Å². The average Bonchev–Trinajstić information content (AvgIpc) is 2.59. The van der Waals surface area contributed by atoms with Crippen molar-refractivity contribution in [2.24, 2.45) is 0 Å². The number of aromatic nitrogens is 2. The number of nitrogens with zero attached hydrogens (tertiary/aromatic N) is 2. The molecule has 0 spiro atoms. The third-order valence-electron chi connectivity index (χ3n) is 3.46. The maximum absolute atomic E-state index is 12.9. The zero-order valence-corrected chi connectivity index (χ0v) is 12.5. The Hall–Kier alpha value is -2.96. The Morgan fingerprint density at radius 1 is 1.08 bits per heavy atom. The first-order valence-electron chi connectivity index (χ1n) is 6.92. The van der Waals surface area contributed by atoms with Crippen LogP contribution in [0.2, 0.25) is 0 Å². The molecule has 0 aliphatic heterocycles. The lowest BCUT2D eigenvalue weighted by Gasteiger charge is -2.12. The quantitative estimate of drug-likeness (QED) is 0.663. The minimum Gasteiger partial charge on any atom is -0.464 e. The maximum Gasteiger partial charge on any atom is 0.416 e. The first-order chi connectivity index (χ1) is 11.4. The van der Waals surface area contributed by atoms with Gasteiger partial charge < -0.3 is 4.74 Å².